The van der Waals surface area contributed by atoms with Gasteiger partial charge in [-0.1, -0.05) is 32.3 Å². The summed E-state index contributed by atoms with van der Waals surface area (Å²) in [6, 6.07) is 0. The van der Waals surface area contributed by atoms with Gasteiger partial charge in [-0.15, -0.1) is 0 Å². The van der Waals surface area contributed by atoms with E-state index in [2.05, 4.69) is 13.8 Å². The maximum Gasteiger partial charge on any atom is 0.159 e. The average molecular weight is 401 g/mol. The van der Waals surface area contributed by atoms with Crippen molar-refractivity contribution in [3.8, 4) is 0 Å². The number of Topliss-reactive ketones (excluding diaryl/α,β-unsaturated/α-hetero) is 1. The SMILES string of the molecule is COC1(C2CC3=CC(=O)[C@@H]4[C@@H](CC[C@]5(C)CC(=O)C[C@@H]45)[C@@]3(C)CC2O)CCCC1. The first-order chi connectivity index (χ1) is 13.7. The summed E-state index contributed by atoms with van der Waals surface area (Å²) in [5.74, 6) is 1.07. The topological polar surface area (TPSA) is 63.6 Å². The zero-order valence-electron chi connectivity index (χ0n) is 18.2. The van der Waals surface area contributed by atoms with E-state index in [0.717, 1.165) is 51.4 Å². The lowest BCUT2D eigenvalue weighted by Gasteiger charge is -2.58. The Hall–Kier alpha value is -1.00. The van der Waals surface area contributed by atoms with Crippen molar-refractivity contribution in [3.05, 3.63) is 11.6 Å². The quantitative estimate of drug-likeness (QED) is 0.753. The van der Waals surface area contributed by atoms with Crippen LogP contribution in [0.1, 0.15) is 78.1 Å². The van der Waals surface area contributed by atoms with E-state index in [-0.39, 0.29) is 52.0 Å². The molecule has 1 N–H and O–H groups in total. The first-order valence-corrected chi connectivity index (χ1v) is 11.7. The van der Waals surface area contributed by atoms with Crippen LogP contribution in [0.25, 0.3) is 0 Å². The maximum atomic E-state index is 13.4. The van der Waals surface area contributed by atoms with Crippen LogP contribution in [0.5, 0.6) is 0 Å². The van der Waals surface area contributed by atoms with Crippen molar-refractivity contribution in [3.63, 3.8) is 0 Å². The zero-order valence-corrected chi connectivity index (χ0v) is 18.2. The molecule has 2 unspecified atom stereocenters. The minimum atomic E-state index is -0.387. The Labute approximate surface area is 174 Å². The highest BCUT2D eigenvalue weighted by atomic mass is 16.5. The molecule has 29 heavy (non-hydrogen) atoms. The third kappa shape index (κ3) is 2.70. The van der Waals surface area contributed by atoms with E-state index < -0.39 is 0 Å². The fourth-order valence-corrected chi connectivity index (χ4v) is 8.47. The number of allylic oxidation sites excluding steroid dienone is 2. The Morgan fingerprint density at radius 1 is 1.03 bits per heavy atom. The van der Waals surface area contributed by atoms with Crippen molar-refractivity contribution in [1.29, 1.82) is 0 Å². The molecule has 0 aromatic rings. The molecule has 4 heteroatoms. The lowest BCUT2D eigenvalue weighted by atomic mass is 9.46. The lowest BCUT2D eigenvalue weighted by Crippen LogP contribution is -2.56. The van der Waals surface area contributed by atoms with Crippen LogP contribution in [0.3, 0.4) is 0 Å². The largest absolute Gasteiger partial charge is 0.393 e. The molecule has 0 bridgehead atoms. The summed E-state index contributed by atoms with van der Waals surface area (Å²) in [7, 11) is 1.79. The minimum Gasteiger partial charge on any atom is -0.393 e. The number of methoxy groups -OCH3 is 1. The van der Waals surface area contributed by atoms with Crippen LogP contribution in [-0.4, -0.2) is 35.5 Å². The van der Waals surface area contributed by atoms with Gasteiger partial charge in [-0.25, -0.2) is 0 Å². The highest BCUT2D eigenvalue weighted by molar-refractivity contribution is 5.95. The molecule has 5 rings (SSSR count). The molecule has 0 aromatic carbocycles. The number of carbonyl (C=O) groups excluding carboxylic acids is 2. The number of aliphatic hydroxyl groups excluding tert-OH is 1. The third-order valence-corrected chi connectivity index (χ3v) is 10.1. The molecule has 0 amide bonds. The Balaban J connectivity index is 1.50. The monoisotopic (exact) mass is 400 g/mol. The molecule has 0 saturated heterocycles. The summed E-state index contributed by atoms with van der Waals surface area (Å²) < 4.78 is 6.03. The van der Waals surface area contributed by atoms with Crippen LogP contribution in [0.4, 0.5) is 0 Å². The predicted molar refractivity (Wildman–Crippen MR) is 110 cm³/mol. The van der Waals surface area contributed by atoms with Gasteiger partial charge in [0.25, 0.3) is 0 Å². The smallest absolute Gasteiger partial charge is 0.159 e. The van der Waals surface area contributed by atoms with Crippen molar-refractivity contribution < 1.29 is 19.4 Å². The molecule has 5 aliphatic carbocycles. The molecule has 0 heterocycles. The fraction of sp³-hybridized carbons (Fsp3) is 0.840. The number of aliphatic hydroxyl groups is 1. The van der Waals surface area contributed by atoms with Crippen LogP contribution in [0.15, 0.2) is 11.6 Å². The first-order valence-electron chi connectivity index (χ1n) is 11.7. The van der Waals surface area contributed by atoms with Crippen molar-refractivity contribution in [2.45, 2.75) is 89.8 Å². The average Bonchev–Trinajstić information content (AvgIpc) is 3.26. The van der Waals surface area contributed by atoms with Gasteiger partial charge in [0.05, 0.1) is 11.7 Å². The highest BCUT2D eigenvalue weighted by Crippen LogP contribution is 2.65. The van der Waals surface area contributed by atoms with Gasteiger partial charge in [-0.05, 0) is 67.3 Å². The molecule has 4 saturated carbocycles. The molecule has 0 radical (unpaired) electrons. The lowest BCUT2D eigenvalue weighted by molar-refractivity contribution is -0.144. The molecule has 160 valence electrons. The van der Waals surface area contributed by atoms with E-state index in [0.29, 0.717) is 18.6 Å². The number of rotatable bonds is 2. The van der Waals surface area contributed by atoms with Gasteiger partial charge in [0, 0.05) is 31.8 Å². The number of carbonyl (C=O) groups is 2. The van der Waals surface area contributed by atoms with Gasteiger partial charge in [-0.3, -0.25) is 9.59 Å². The molecular formula is C25H36O4. The third-order valence-electron chi connectivity index (χ3n) is 10.1. The van der Waals surface area contributed by atoms with Crippen LogP contribution in [-0.2, 0) is 14.3 Å². The van der Waals surface area contributed by atoms with Gasteiger partial charge in [0.15, 0.2) is 5.78 Å². The van der Waals surface area contributed by atoms with Crippen LogP contribution in [0.2, 0.25) is 0 Å². The van der Waals surface area contributed by atoms with Gasteiger partial charge >= 0.3 is 0 Å². The summed E-state index contributed by atoms with van der Waals surface area (Å²) in [4.78, 5) is 25.7. The number of fused-ring (bicyclic) bond motifs is 5. The Bertz CT molecular complexity index is 763. The molecule has 7 atom stereocenters. The second kappa shape index (κ2) is 6.50. The Kier molecular flexibility index (Phi) is 4.47. The van der Waals surface area contributed by atoms with Gasteiger partial charge in [0.1, 0.15) is 5.78 Å². The van der Waals surface area contributed by atoms with E-state index in [9.17, 15) is 14.7 Å². The van der Waals surface area contributed by atoms with Crippen molar-refractivity contribution in [1.82, 2.24) is 0 Å². The molecule has 4 fully saturated rings. The molecule has 4 nitrogen and oxygen atoms in total. The summed E-state index contributed by atoms with van der Waals surface area (Å²) in [6.07, 6.45) is 10.6. The van der Waals surface area contributed by atoms with E-state index in [4.69, 9.17) is 4.74 Å². The van der Waals surface area contributed by atoms with E-state index in [1.807, 2.05) is 6.08 Å². The predicted octanol–water partition coefficient (Wildman–Crippen LogP) is 4.24. The van der Waals surface area contributed by atoms with Gasteiger partial charge in [0.2, 0.25) is 0 Å². The molecule has 0 aromatic heterocycles. The molecule has 0 spiro atoms. The summed E-state index contributed by atoms with van der Waals surface area (Å²) >= 11 is 0. The second-order valence-corrected chi connectivity index (χ2v) is 11.4. The maximum absolute atomic E-state index is 13.4. The zero-order chi connectivity index (χ0) is 20.6. The van der Waals surface area contributed by atoms with E-state index >= 15 is 0 Å². The fourth-order valence-electron chi connectivity index (χ4n) is 8.47. The first kappa shape index (κ1) is 19.9. The van der Waals surface area contributed by atoms with Crippen molar-refractivity contribution in [2.24, 2.45) is 34.5 Å². The number of hydrogen-bond donors (Lipinski definition) is 1. The Morgan fingerprint density at radius 2 is 1.76 bits per heavy atom. The highest BCUT2D eigenvalue weighted by Gasteiger charge is 2.62. The summed E-state index contributed by atoms with van der Waals surface area (Å²) in [5.41, 5.74) is 0.879. The molecule has 5 aliphatic rings. The number of ether oxygens (including phenoxy) is 1. The normalized spacial score (nSPS) is 48.7. The molecule has 0 aliphatic heterocycles. The van der Waals surface area contributed by atoms with Gasteiger partial charge < -0.3 is 9.84 Å². The molecular weight excluding hydrogens is 364 g/mol. The second-order valence-electron chi connectivity index (χ2n) is 11.4. The number of hydrogen-bond acceptors (Lipinski definition) is 4. The van der Waals surface area contributed by atoms with Crippen molar-refractivity contribution >= 4 is 11.6 Å². The van der Waals surface area contributed by atoms with Crippen LogP contribution >= 0.6 is 0 Å². The van der Waals surface area contributed by atoms with Crippen molar-refractivity contribution in [2.75, 3.05) is 7.11 Å². The summed E-state index contributed by atoms with van der Waals surface area (Å²) in [5, 5.41) is 11.3. The van der Waals surface area contributed by atoms with Gasteiger partial charge in [-0.2, -0.15) is 0 Å². The Morgan fingerprint density at radius 3 is 2.45 bits per heavy atom. The van der Waals surface area contributed by atoms with Crippen LogP contribution in [0, 0.1) is 34.5 Å². The summed E-state index contributed by atoms with van der Waals surface area (Å²) in [6.45, 7) is 4.51. The van der Waals surface area contributed by atoms with E-state index in [1.165, 1.54) is 5.57 Å². The van der Waals surface area contributed by atoms with E-state index in [1.54, 1.807) is 7.11 Å². The number of ketones is 2. The standard InChI is InChI=1S/C25H36O4/c1-23-9-6-17-22(19(23)12-16(26)13-23)20(27)11-15-10-18(21(28)14-24(15,17)2)25(29-3)7-4-5-8-25/h11,17-19,21-22,28H,4-10,12-14H2,1-3H3/t17-,18?,19+,21?,22-,23-,24+/m1/s1. The van der Waals surface area contributed by atoms with Crippen LogP contribution < -0.4 is 0 Å². The minimum absolute atomic E-state index is 0.00458.